The third-order valence-electron chi connectivity index (χ3n) is 3.90. The summed E-state index contributed by atoms with van der Waals surface area (Å²) in [5, 5.41) is 11.8. The lowest BCUT2D eigenvalue weighted by Crippen LogP contribution is -2.34. The second kappa shape index (κ2) is 5.27. The maximum atomic E-state index is 12.1. The Kier molecular flexibility index (Phi) is 3.45. The molecule has 0 spiro atoms. The number of hydrogen-bond acceptors (Lipinski definition) is 4. The van der Waals surface area contributed by atoms with E-state index < -0.39 is 11.4 Å². The normalized spacial score (nSPS) is 18.5. The molecule has 0 bridgehead atoms. The summed E-state index contributed by atoms with van der Waals surface area (Å²) in [4.78, 5) is 23.2. The first-order valence-electron chi connectivity index (χ1n) is 7.02. The molecule has 0 radical (unpaired) electrons. The largest absolute Gasteiger partial charge is 0.490 e. The maximum Gasteiger partial charge on any atom is 0.311 e. The van der Waals surface area contributed by atoms with Crippen molar-refractivity contribution in [3.8, 4) is 11.5 Å². The molecule has 1 aliphatic heterocycles. The highest BCUT2D eigenvalue weighted by Crippen LogP contribution is 2.45. The molecule has 1 fully saturated rings. The van der Waals surface area contributed by atoms with Crippen molar-refractivity contribution in [1.29, 1.82) is 0 Å². The number of carboxylic acid groups (broad SMARTS) is 1. The Bertz CT molecular complexity index is 579. The van der Waals surface area contributed by atoms with Gasteiger partial charge in [-0.3, -0.25) is 9.59 Å². The first kappa shape index (κ1) is 13.7. The highest BCUT2D eigenvalue weighted by Gasteiger charge is 2.50. The zero-order valence-electron chi connectivity index (χ0n) is 11.6. The van der Waals surface area contributed by atoms with Crippen molar-refractivity contribution in [3.05, 3.63) is 23.8 Å². The van der Waals surface area contributed by atoms with E-state index in [9.17, 15) is 9.59 Å². The van der Waals surface area contributed by atoms with Gasteiger partial charge in [0.25, 0.3) is 5.91 Å². The SMILES string of the molecule is O=C(NCC1(C(=O)O)CC1)c1ccc2c(c1)OCCCO2. The Morgan fingerprint density at radius 3 is 2.57 bits per heavy atom. The molecule has 1 heterocycles. The van der Waals surface area contributed by atoms with E-state index in [1.165, 1.54) is 0 Å². The highest BCUT2D eigenvalue weighted by atomic mass is 16.5. The summed E-state index contributed by atoms with van der Waals surface area (Å²) in [6.45, 7) is 1.31. The van der Waals surface area contributed by atoms with Crippen molar-refractivity contribution in [2.75, 3.05) is 19.8 Å². The number of amides is 1. The van der Waals surface area contributed by atoms with E-state index in [1.807, 2.05) is 0 Å². The van der Waals surface area contributed by atoms with Gasteiger partial charge in [0.1, 0.15) is 0 Å². The standard InChI is InChI=1S/C15H17NO5/c17-13(16-9-15(4-5-15)14(18)19)10-2-3-11-12(8-10)21-7-1-6-20-11/h2-3,8H,1,4-7,9H2,(H,16,17)(H,18,19). The summed E-state index contributed by atoms with van der Waals surface area (Å²) in [6.07, 6.45) is 2.03. The van der Waals surface area contributed by atoms with E-state index in [0.717, 1.165) is 6.42 Å². The second-order valence-corrected chi connectivity index (χ2v) is 5.48. The van der Waals surface area contributed by atoms with Crippen molar-refractivity contribution in [2.45, 2.75) is 19.3 Å². The first-order valence-corrected chi connectivity index (χ1v) is 7.02. The van der Waals surface area contributed by atoms with Crippen molar-refractivity contribution >= 4 is 11.9 Å². The van der Waals surface area contributed by atoms with Crippen LogP contribution in [0, 0.1) is 5.41 Å². The predicted molar refractivity (Wildman–Crippen MR) is 73.7 cm³/mol. The van der Waals surface area contributed by atoms with Crippen LogP contribution in [-0.4, -0.2) is 36.7 Å². The molecule has 2 aliphatic rings. The predicted octanol–water partition coefficient (Wildman–Crippen LogP) is 1.44. The molecule has 0 saturated heterocycles. The molecule has 6 heteroatoms. The van der Waals surface area contributed by atoms with Crippen LogP contribution in [0.2, 0.25) is 0 Å². The van der Waals surface area contributed by atoms with Crippen LogP contribution < -0.4 is 14.8 Å². The number of fused-ring (bicyclic) bond motifs is 1. The van der Waals surface area contributed by atoms with Gasteiger partial charge in [-0.15, -0.1) is 0 Å². The summed E-state index contributed by atoms with van der Waals surface area (Å²) in [7, 11) is 0. The fourth-order valence-corrected chi connectivity index (χ4v) is 2.27. The quantitative estimate of drug-likeness (QED) is 0.877. The van der Waals surface area contributed by atoms with Crippen molar-refractivity contribution in [3.63, 3.8) is 0 Å². The van der Waals surface area contributed by atoms with Crippen LogP contribution >= 0.6 is 0 Å². The van der Waals surface area contributed by atoms with Crippen LogP contribution in [0.1, 0.15) is 29.6 Å². The number of ether oxygens (including phenoxy) is 2. The van der Waals surface area contributed by atoms with Crippen LogP contribution in [0.15, 0.2) is 18.2 Å². The number of carbonyl (C=O) groups excluding carboxylic acids is 1. The molecule has 1 aliphatic carbocycles. The molecule has 1 aromatic rings. The topological polar surface area (TPSA) is 84.9 Å². The van der Waals surface area contributed by atoms with Crippen molar-refractivity contribution in [1.82, 2.24) is 5.32 Å². The number of carboxylic acids is 1. The molecule has 0 atom stereocenters. The van der Waals surface area contributed by atoms with Crippen molar-refractivity contribution < 1.29 is 24.2 Å². The minimum atomic E-state index is -0.846. The Morgan fingerprint density at radius 1 is 1.19 bits per heavy atom. The van der Waals surface area contributed by atoms with Gasteiger partial charge in [-0.25, -0.2) is 0 Å². The van der Waals surface area contributed by atoms with Crippen LogP contribution in [0.4, 0.5) is 0 Å². The molecular weight excluding hydrogens is 274 g/mol. The monoisotopic (exact) mass is 291 g/mol. The zero-order chi connectivity index (χ0) is 14.9. The van der Waals surface area contributed by atoms with Gasteiger partial charge in [0.15, 0.2) is 11.5 Å². The third kappa shape index (κ3) is 2.79. The van der Waals surface area contributed by atoms with Gasteiger partial charge in [-0.2, -0.15) is 0 Å². The third-order valence-corrected chi connectivity index (χ3v) is 3.90. The number of nitrogens with one attached hydrogen (secondary N) is 1. The van der Waals surface area contributed by atoms with Gasteiger partial charge >= 0.3 is 5.97 Å². The summed E-state index contributed by atoms with van der Waals surface area (Å²) in [6, 6.07) is 5.00. The highest BCUT2D eigenvalue weighted by molar-refractivity contribution is 5.95. The average Bonchev–Trinajstić information content (AvgIpc) is 3.28. The van der Waals surface area contributed by atoms with E-state index in [2.05, 4.69) is 5.32 Å². The van der Waals surface area contributed by atoms with Gasteiger partial charge in [0, 0.05) is 18.5 Å². The van der Waals surface area contributed by atoms with E-state index in [0.29, 0.717) is 43.1 Å². The lowest BCUT2D eigenvalue weighted by Gasteiger charge is -2.12. The fourth-order valence-electron chi connectivity index (χ4n) is 2.27. The Hall–Kier alpha value is -2.24. The number of benzene rings is 1. The van der Waals surface area contributed by atoms with Gasteiger partial charge in [-0.1, -0.05) is 0 Å². The van der Waals surface area contributed by atoms with Gasteiger partial charge in [-0.05, 0) is 31.0 Å². The summed E-state index contributed by atoms with van der Waals surface area (Å²) < 4.78 is 11.0. The molecule has 0 aromatic heterocycles. The Labute approximate surface area is 122 Å². The minimum Gasteiger partial charge on any atom is -0.490 e. The summed E-state index contributed by atoms with van der Waals surface area (Å²) in [5.41, 5.74) is -0.318. The van der Waals surface area contributed by atoms with Gasteiger partial charge < -0.3 is 19.9 Å². The van der Waals surface area contributed by atoms with E-state index in [-0.39, 0.29) is 12.5 Å². The fraction of sp³-hybridized carbons (Fsp3) is 0.467. The molecule has 0 unspecified atom stereocenters. The average molecular weight is 291 g/mol. The van der Waals surface area contributed by atoms with Crippen LogP contribution in [0.25, 0.3) is 0 Å². The van der Waals surface area contributed by atoms with Crippen LogP contribution in [0.3, 0.4) is 0 Å². The zero-order valence-corrected chi connectivity index (χ0v) is 11.6. The Balaban J connectivity index is 1.67. The van der Waals surface area contributed by atoms with E-state index in [1.54, 1.807) is 18.2 Å². The first-order chi connectivity index (χ1) is 10.1. The number of carbonyl (C=O) groups is 2. The summed E-state index contributed by atoms with van der Waals surface area (Å²) in [5.74, 6) is 0.0485. The molecule has 1 aromatic carbocycles. The molecule has 2 N–H and O–H groups in total. The molecule has 6 nitrogen and oxygen atoms in total. The summed E-state index contributed by atoms with van der Waals surface area (Å²) >= 11 is 0. The maximum absolute atomic E-state index is 12.1. The van der Waals surface area contributed by atoms with Crippen LogP contribution in [0.5, 0.6) is 11.5 Å². The minimum absolute atomic E-state index is 0.162. The molecule has 112 valence electrons. The molecule has 1 amide bonds. The van der Waals surface area contributed by atoms with Crippen LogP contribution in [-0.2, 0) is 4.79 Å². The number of hydrogen-bond donors (Lipinski definition) is 2. The number of aliphatic carboxylic acids is 1. The van der Waals surface area contributed by atoms with Crippen molar-refractivity contribution in [2.24, 2.45) is 5.41 Å². The number of rotatable bonds is 4. The Morgan fingerprint density at radius 2 is 1.90 bits per heavy atom. The molecule has 1 saturated carbocycles. The lowest BCUT2D eigenvalue weighted by atomic mass is 10.1. The van der Waals surface area contributed by atoms with Gasteiger partial charge in [0.2, 0.25) is 0 Å². The smallest absolute Gasteiger partial charge is 0.311 e. The lowest BCUT2D eigenvalue weighted by molar-refractivity contribution is -0.143. The van der Waals surface area contributed by atoms with Gasteiger partial charge in [0.05, 0.1) is 18.6 Å². The van der Waals surface area contributed by atoms with E-state index in [4.69, 9.17) is 14.6 Å². The molecule has 21 heavy (non-hydrogen) atoms. The molecule has 3 rings (SSSR count). The van der Waals surface area contributed by atoms with E-state index >= 15 is 0 Å². The molecular formula is C15H17NO5. The second-order valence-electron chi connectivity index (χ2n) is 5.48.